The molecule has 0 heterocycles. The maximum absolute atomic E-state index is 11.6. The van der Waals surface area contributed by atoms with Gasteiger partial charge in [-0.25, -0.2) is 8.42 Å². The number of benzene rings is 1. The normalized spacial score (nSPS) is 12.2. The average Bonchev–Trinajstić information content (AvgIpc) is 2.39. The molecule has 1 unspecified atom stereocenters. The second-order valence-electron chi connectivity index (χ2n) is 4.21. The van der Waals surface area contributed by atoms with Crippen LogP contribution in [0.1, 0.15) is 13.8 Å². The first-order valence-electron chi connectivity index (χ1n) is 5.99. The van der Waals surface area contributed by atoms with Crippen molar-refractivity contribution in [1.82, 2.24) is 0 Å². The number of anilines is 2. The van der Waals surface area contributed by atoms with Gasteiger partial charge in [-0.15, -0.1) is 12.4 Å². The maximum atomic E-state index is 11.6. The van der Waals surface area contributed by atoms with Crippen LogP contribution in [-0.2, 0) is 14.8 Å². The van der Waals surface area contributed by atoms with Crippen molar-refractivity contribution in [2.45, 2.75) is 13.8 Å². The van der Waals surface area contributed by atoms with Crippen molar-refractivity contribution >= 4 is 39.7 Å². The molecule has 0 aliphatic heterocycles. The van der Waals surface area contributed by atoms with Gasteiger partial charge >= 0.3 is 0 Å². The summed E-state index contributed by atoms with van der Waals surface area (Å²) in [5.41, 5.74) is 6.46. The van der Waals surface area contributed by atoms with E-state index < -0.39 is 10.0 Å². The predicted molar refractivity (Wildman–Crippen MR) is 83.6 cm³/mol. The zero-order chi connectivity index (χ0) is 14.5. The second-order valence-corrected chi connectivity index (χ2v) is 6.22. The smallest absolute Gasteiger partial charge is 0.232 e. The van der Waals surface area contributed by atoms with Crippen molar-refractivity contribution in [1.29, 1.82) is 0 Å². The van der Waals surface area contributed by atoms with Crippen LogP contribution in [-0.4, -0.2) is 26.6 Å². The molecule has 6 nitrogen and oxygen atoms in total. The van der Waals surface area contributed by atoms with Crippen LogP contribution < -0.4 is 15.8 Å². The quantitative estimate of drug-likeness (QED) is 0.737. The Bertz CT molecular complexity index is 531. The van der Waals surface area contributed by atoms with Gasteiger partial charge in [-0.05, 0) is 31.2 Å². The van der Waals surface area contributed by atoms with E-state index in [1.807, 2.05) is 0 Å². The fraction of sp³-hybridized carbons (Fsp3) is 0.417. The average molecular weight is 322 g/mol. The summed E-state index contributed by atoms with van der Waals surface area (Å²) in [5, 5.41) is 2.70. The molecule has 1 aromatic rings. The lowest BCUT2D eigenvalue weighted by molar-refractivity contribution is -0.119. The minimum absolute atomic E-state index is 0. The van der Waals surface area contributed by atoms with Gasteiger partial charge < -0.3 is 11.1 Å². The zero-order valence-electron chi connectivity index (χ0n) is 11.4. The van der Waals surface area contributed by atoms with Crippen LogP contribution in [0.5, 0.6) is 0 Å². The Labute approximate surface area is 125 Å². The highest BCUT2D eigenvalue weighted by Crippen LogP contribution is 2.15. The number of nitrogens with two attached hydrogens (primary N) is 1. The molecule has 8 heteroatoms. The minimum Gasteiger partial charge on any atom is -0.330 e. The van der Waals surface area contributed by atoms with Gasteiger partial charge in [0.2, 0.25) is 15.9 Å². The first-order chi connectivity index (χ1) is 8.88. The number of carbonyl (C=O) groups excluding carboxylic acids is 1. The van der Waals surface area contributed by atoms with Crippen molar-refractivity contribution in [2.75, 3.05) is 22.3 Å². The lowest BCUT2D eigenvalue weighted by Crippen LogP contribution is -2.26. The molecule has 0 fully saturated rings. The summed E-state index contributed by atoms with van der Waals surface area (Å²) in [6.45, 7) is 3.57. The number of halogens is 1. The van der Waals surface area contributed by atoms with Crippen LogP contribution in [0.3, 0.4) is 0 Å². The summed E-state index contributed by atoms with van der Waals surface area (Å²) >= 11 is 0. The molecule has 4 N–H and O–H groups in total. The molecule has 0 saturated carbocycles. The molecule has 0 aromatic heterocycles. The predicted octanol–water partition coefficient (Wildman–Crippen LogP) is 1.40. The summed E-state index contributed by atoms with van der Waals surface area (Å²) < 4.78 is 25.2. The second kappa shape index (κ2) is 8.08. The first-order valence-corrected chi connectivity index (χ1v) is 7.64. The van der Waals surface area contributed by atoms with E-state index >= 15 is 0 Å². The molecule has 0 saturated heterocycles. The number of sulfonamides is 1. The molecule has 20 heavy (non-hydrogen) atoms. The maximum Gasteiger partial charge on any atom is 0.232 e. The highest BCUT2D eigenvalue weighted by atomic mass is 35.5. The largest absolute Gasteiger partial charge is 0.330 e. The standard InChI is InChI=1S/C12H19N3O3S.ClH/c1-3-19(17,18)15-11-6-4-10(5-7-11)14-12(16)9(2)8-13;/h4-7,9,15H,3,8,13H2,1-2H3,(H,14,16);1H. The molecule has 114 valence electrons. The Morgan fingerprint density at radius 3 is 2.20 bits per heavy atom. The Kier molecular flexibility index (Phi) is 7.55. The van der Waals surface area contributed by atoms with Gasteiger partial charge in [0.25, 0.3) is 0 Å². The summed E-state index contributed by atoms with van der Waals surface area (Å²) in [4.78, 5) is 11.6. The lowest BCUT2D eigenvalue weighted by Gasteiger charge is -2.11. The van der Waals surface area contributed by atoms with Crippen molar-refractivity contribution in [3.63, 3.8) is 0 Å². The van der Waals surface area contributed by atoms with E-state index in [9.17, 15) is 13.2 Å². The molecule has 1 rings (SSSR count). The van der Waals surface area contributed by atoms with Gasteiger partial charge in [-0.1, -0.05) is 6.92 Å². The van der Waals surface area contributed by atoms with Gasteiger partial charge in [0.1, 0.15) is 0 Å². The van der Waals surface area contributed by atoms with E-state index in [-0.39, 0.29) is 36.5 Å². The van der Waals surface area contributed by atoms with Gasteiger partial charge in [-0.2, -0.15) is 0 Å². The number of hydrogen-bond acceptors (Lipinski definition) is 4. The van der Waals surface area contributed by atoms with Crippen molar-refractivity contribution < 1.29 is 13.2 Å². The van der Waals surface area contributed by atoms with Gasteiger partial charge in [-0.3, -0.25) is 9.52 Å². The summed E-state index contributed by atoms with van der Waals surface area (Å²) in [6, 6.07) is 6.45. The SMILES string of the molecule is CCS(=O)(=O)Nc1ccc(NC(=O)C(C)CN)cc1.Cl. The van der Waals surface area contributed by atoms with E-state index in [4.69, 9.17) is 5.73 Å². The molecule has 1 amide bonds. The Morgan fingerprint density at radius 2 is 1.75 bits per heavy atom. The number of rotatable bonds is 6. The molecule has 0 spiro atoms. The summed E-state index contributed by atoms with van der Waals surface area (Å²) in [7, 11) is -3.28. The number of amides is 1. The molecular formula is C12H20ClN3O3S. The minimum atomic E-state index is -3.28. The third-order valence-electron chi connectivity index (χ3n) is 2.61. The van der Waals surface area contributed by atoms with Crippen molar-refractivity contribution in [3.8, 4) is 0 Å². The molecule has 0 radical (unpaired) electrons. The molecule has 1 atom stereocenters. The Morgan fingerprint density at radius 1 is 1.25 bits per heavy atom. The molecule has 0 aliphatic carbocycles. The van der Waals surface area contributed by atoms with Crippen LogP contribution in [0.25, 0.3) is 0 Å². The van der Waals surface area contributed by atoms with Crippen LogP contribution in [0, 0.1) is 5.92 Å². The van der Waals surface area contributed by atoms with E-state index in [0.717, 1.165) is 0 Å². The van der Waals surface area contributed by atoms with Crippen LogP contribution in [0.15, 0.2) is 24.3 Å². The monoisotopic (exact) mass is 321 g/mol. The Balaban J connectivity index is 0.00000361. The van der Waals surface area contributed by atoms with E-state index in [1.54, 1.807) is 38.1 Å². The van der Waals surface area contributed by atoms with Gasteiger partial charge in [0.05, 0.1) is 5.75 Å². The fourth-order valence-corrected chi connectivity index (χ4v) is 1.89. The van der Waals surface area contributed by atoms with Crippen LogP contribution >= 0.6 is 12.4 Å². The highest BCUT2D eigenvalue weighted by molar-refractivity contribution is 7.92. The van der Waals surface area contributed by atoms with E-state index in [0.29, 0.717) is 11.4 Å². The lowest BCUT2D eigenvalue weighted by atomic mass is 10.1. The molecule has 1 aromatic carbocycles. The first kappa shape index (κ1) is 18.7. The van der Waals surface area contributed by atoms with Gasteiger partial charge in [0.15, 0.2) is 0 Å². The van der Waals surface area contributed by atoms with Crippen molar-refractivity contribution in [3.05, 3.63) is 24.3 Å². The third-order valence-corrected chi connectivity index (χ3v) is 3.91. The van der Waals surface area contributed by atoms with Crippen LogP contribution in [0.2, 0.25) is 0 Å². The summed E-state index contributed by atoms with van der Waals surface area (Å²) in [5.74, 6) is -0.415. The summed E-state index contributed by atoms with van der Waals surface area (Å²) in [6.07, 6.45) is 0. The van der Waals surface area contributed by atoms with E-state index in [2.05, 4.69) is 10.0 Å². The zero-order valence-corrected chi connectivity index (χ0v) is 13.1. The van der Waals surface area contributed by atoms with Crippen LogP contribution in [0.4, 0.5) is 11.4 Å². The molecule has 0 bridgehead atoms. The fourth-order valence-electron chi connectivity index (χ4n) is 1.25. The molecule has 0 aliphatic rings. The highest BCUT2D eigenvalue weighted by Gasteiger charge is 2.11. The van der Waals surface area contributed by atoms with E-state index in [1.165, 1.54) is 0 Å². The Hall–Kier alpha value is -1.31. The number of hydrogen-bond donors (Lipinski definition) is 3. The molecular weight excluding hydrogens is 302 g/mol. The number of nitrogens with one attached hydrogen (secondary N) is 2. The topological polar surface area (TPSA) is 101 Å². The third kappa shape index (κ3) is 5.77. The van der Waals surface area contributed by atoms with Gasteiger partial charge in [0, 0.05) is 23.8 Å². The number of carbonyl (C=O) groups is 1. The van der Waals surface area contributed by atoms with Crippen molar-refractivity contribution in [2.24, 2.45) is 11.7 Å².